The van der Waals surface area contributed by atoms with Crippen molar-refractivity contribution >= 4 is 23.2 Å². The second kappa shape index (κ2) is 7.95. The number of hydrogen-bond donors (Lipinski definition) is 0. The van der Waals surface area contributed by atoms with Gasteiger partial charge in [-0.1, -0.05) is 89.2 Å². The molecule has 0 unspecified atom stereocenters. The van der Waals surface area contributed by atoms with Crippen molar-refractivity contribution in [2.24, 2.45) is 0 Å². The van der Waals surface area contributed by atoms with Gasteiger partial charge in [0.05, 0.1) is 11.0 Å². The Morgan fingerprint density at radius 2 is 1.43 bits per heavy atom. The van der Waals surface area contributed by atoms with Gasteiger partial charge in [0.15, 0.2) is 0 Å². The number of fused-ring (bicyclic) bond motifs is 1. The molecule has 0 saturated heterocycles. The maximum absolute atomic E-state index is 4.64. The summed E-state index contributed by atoms with van der Waals surface area (Å²) >= 11 is 0. The number of nitrogens with zero attached hydrogens (tertiary/aromatic N) is 2. The molecule has 4 rings (SSSR count). The fourth-order valence-corrected chi connectivity index (χ4v) is 3.65. The van der Waals surface area contributed by atoms with E-state index in [1.807, 2.05) is 6.33 Å². The molecule has 0 atom stereocenters. The van der Waals surface area contributed by atoms with Crippen LogP contribution in [-0.4, -0.2) is 9.55 Å². The molecule has 0 N–H and O–H groups in total. The fourth-order valence-electron chi connectivity index (χ4n) is 3.65. The van der Waals surface area contributed by atoms with Crippen molar-refractivity contribution in [2.75, 3.05) is 0 Å². The zero-order chi connectivity index (χ0) is 21.3. The van der Waals surface area contributed by atoms with Gasteiger partial charge in [0.1, 0.15) is 6.33 Å². The zero-order valence-electron chi connectivity index (χ0n) is 18.6. The van der Waals surface area contributed by atoms with E-state index < -0.39 is 0 Å². The van der Waals surface area contributed by atoms with Crippen molar-refractivity contribution in [3.05, 3.63) is 95.3 Å². The molecule has 0 aliphatic carbocycles. The largest absolute Gasteiger partial charge is 0.299 e. The highest BCUT2D eigenvalue weighted by Gasteiger charge is 2.12. The minimum atomic E-state index is 0.182. The molecule has 30 heavy (non-hydrogen) atoms. The molecule has 1 heterocycles. The summed E-state index contributed by atoms with van der Waals surface area (Å²) in [5, 5.41) is 0. The lowest BCUT2D eigenvalue weighted by Gasteiger charge is -2.18. The standard InChI is InChI=1S/C28H30N2/c1-20(2)23-11-15-25(16-12-23)30-19-29-26-18-22(10-17-27(26)30)7-6-21-8-13-24(14-9-21)28(3,4)5/h6-20H,1-5H3/b7-6+. The first-order valence-electron chi connectivity index (χ1n) is 10.7. The molecule has 0 radical (unpaired) electrons. The maximum atomic E-state index is 4.64. The van der Waals surface area contributed by atoms with Gasteiger partial charge in [0, 0.05) is 5.69 Å². The summed E-state index contributed by atoms with van der Waals surface area (Å²) in [6, 6.07) is 24.0. The van der Waals surface area contributed by atoms with Crippen molar-refractivity contribution in [2.45, 2.75) is 46.0 Å². The molecule has 0 spiro atoms. The number of aromatic nitrogens is 2. The summed E-state index contributed by atoms with van der Waals surface area (Å²) in [6.45, 7) is 11.2. The average Bonchev–Trinajstić information content (AvgIpc) is 3.15. The van der Waals surface area contributed by atoms with Gasteiger partial charge in [-0.2, -0.15) is 0 Å². The minimum Gasteiger partial charge on any atom is -0.299 e. The van der Waals surface area contributed by atoms with Gasteiger partial charge >= 0.3 is 0 Å². The van der Waals surface area contributed by atoms with E-state index >= 15 is 0 Å². The molecule has 152 valence electrons. The van der Waals surface area contributed by atoms with Crippen LogP contribution in [0.15, 0.2) is 73.1 Å². The lowest BCUT2D eigenvalue weighted by atomic mass is 9.87. The van der Waals surface area contributed by atoms with Gasteiger partial charge in [-0.3, -0.25) is 4.57 Å². The summed E-state index contributed by atoms with van der Waals surface area (Å²) in [4.78, 5) is 4.64. The number of rotatable bonds is 4. The van der Waals surface area contributed by atoms with Crippen LogP contribution in [0.5, 0.6) is 0 Å². The lowest BCUT2D eigenvalue weighted by Crippen LogP contribution is -2.10. The molecule has 0 bridgehead atoms. The highest BCUT2D eigenvalue weighted by atomic mass is 15.0. The second-order valence-electron chi connectivity index (χ2n) is 9.31. The molecule has 0 aliphatic rings. The summed E-state index contributed by atoms with van der Waals surface area (Å²) < 4.78 is 2.15. The van der Waals surface area contributed by atoms with Gasteiger partial charge < -0.3 is 0 Å². The maximum Gasteiger partial charge on any atom is 0.100 e. The van der Waals surface area contributed by atoms with E-state index in [0.717, 1.165) is 22.3 Å². The van der Waals surface area contributed by atoms with Crippen molar-refractivity contribution in [1.29, 1.82) is 0 Å². The van der Waals surface area contributed by atoms with Crippen molar-refractivity contribution in [1.82, 2.24) is 9.55 Å². The molecular formula is C28H30N2. The Labute approximate surface area is 179 Å². The summed E-state index contributed by atoms with van der Waals surface area (Å²) in [5.74, 6) is 0.539. The Balaban J connectivity index is 1.57. The number of hydrogen-bond acceptors (Lipinski definition) is 1. The molecule has 2 nitrogen and oxygen atoms in total. The van der Waals surface area contributed by atoms with Crippen molar-refractivity contribution in [3.8, 4) is 5.69 Å². The molecule has 2 heteroatoms. The normalized spacial score (nSPS) is 12.3. The third-order valence-electron chi connectivity index (χ3n) is 5.65. The molecular weight excluding hydrogens is 364 g/mol. The summed E-state index contributed by atoms with van der Waals surface area (Å²) in [5.41, 5.74) is 8.53. The van der Waals surface area contributed by atoms with Crippen LogP contribution >= 0.6 is 0 Å². The third kappa shape index (κ3) is 4.23. The first-order chi connectivity index (χ1) is 14.3. The average molecular weight is 395 g/mol. The highest BCUT2D eigenvalue weighted by Crippen LogP contribution is 2.24. The number of benzene rings is 3. The van der Waals surface area contributed by atoms with Crippen LogP contribution in [-0.2, 0) is 5.41 Å². The molecule has 0 aliphatic heterocycles. The Morgan fingerprint density at radius 3 is 2.07 bits per heavy atom. The van der Waals surface area contributed by atoms with Gasteiger partial charge in [-0.15, -0.1) is 0 Å². The van der Waals surface area contributed by atoms with Crippen molar-refractivity contribution < 1.29 is 0 Å². The van der Waals surface area contributed by atoms with Gasteiger partial charge in [0.2, 0.25) is 0 Å². The Bertz CT molecular complexity index is 1170. The molecule has 1 aromatic heterocycles. The predicted octanol–water partition coefficient (Wildman–Crippen LogP) is 7.62. The molecule has 4 aromatic rings. The van der Waals surface area contributed by atoms with Gasteiger partial charge in [-0.25, -0.2) is 4.98 Å². The molecule has 0 saturated carbocycles. The van der Waals surface area contributed by atoms with Crippen LogP contribution in [0, 0.1) is 0 Å². The van der Waals surface area contributed by atoms with Gasteiger partial charge in [0.25, 0.3) is 0 Å². The van der Waals surface area contributed by atoms with E-state index in [4.69, 9.17) is 0 Å². The predicted molar refractivity (Wildman–Crippen MR) is 129 cm³/mol. The number of imidazole rings is 1. The second-order valence-corrected chi connectivity index (χ2v) is 9.31. The first kappa shape index (κ1) is 20.2. The Hall–Kier alpha value is -3.13. The summed E-state index contributed by atoms with van der Waals surface area (Å²) in [6.07, 6.45) is 6.23. The van der Waals surface area contributed by atoms with E-state index in [1.54, 1.807) is 0 Å². The van der Waals surface area contributed by atoms with Crippen molar-refractivity contribution in [3.63, 3.8) is 0 Å². The zero-order valence-corrected chi connectivity index (χ0v) is 18.6. The van der Waals surface area contributed by atoms with E-state index in [-0.39, 0.29) is 5.41 Å². The van der Waals surface area contributed by atoms with Crippen LogP contribution in [0.1, 0.15) is 62.8 Å². The molecule has 0 amide bonds. The SMILES string of the molecule is CC(C)c1ccc(-n2cnc3cc(/C=C/c4ccc(C(C)(C)C)cc4)ccc32)cc1. The van der Waals surface area contributed by atoms with Crippen LogP contribution in [0.3, 0.4) is 0 Å². The smallest absolute Gasteiger partial charge is 0.100 e. The first-order valence-corrected chi connectivity index (χ1v) is 10.7. The van der Waals surface area contributed by atoms with Gasteiger partial charge in [-0.05, 0) is 57.9 Å². The van der Waals surface area contributed by atoms with Crippen LogP contribution < -0.4 is 0 Å². The molecule has 3 aromatic carbocycles. The van der Waals surface area contributed by atoms with E-state index in [9.17, 15) is 0 Å². The van der Waals surface area contributed by atoms with E-state index in [2.05, 4.69) is 123 Å². The topological polar surface area (TPSA) is 17.8 Å². The van der Waals surface area contributed by atoms with E-state index in [0.29, 0.717) is 5.92 Å². The monoisotopic (exact) mass is 394 g/mol. The minimum absolute atomic E-state index is 0.182. The Morgan fingerprint density at radius 1 is 0.800 bits per heavy atom. The quantitative estimate of drug-likeness (QED) is 0.326. The Kier molecular flexibility index (Phi) is 5.34. The van der Waals surface area contributed by atoms with E-state index in [1.165, 1.54) is 16.7 Å². The molecule has 0 fully saturated rings. The highest BCUT2D eigenvalue weighted by molar-refractivity contribution is 5.82. The lowest BCUT2D eigenvalue weighted by molar-refractivity contribution is 0.590. The summed E-state index contributed by atoms with van der Waals surface area (Å²) in [7, 11) is 0. The van der Waals surface area contributed by atoms with Crippen LogP contribution in [0.25, 0.3) is 28.9 Å². The van der Waals surface area contributed by atoms with Crippen LogP contribution in [0.4, 0.5) is 0 Å². The third-order valence-corrected chi connectivity index (χ3v) is 5.65. The fraction of sp³-hybridized carbons (Fsp3) is 0.250. The van der Waals surface area contributed by atoms with Crippen LogP contribution in [0.2, 0.25) is 0 Å².